The standard InChI is InChI=1S/C30H37N3O3S/c1-5-22(6-2)26(20-31-19-25-21-35-29(33-25)27(7-3)37-8-4)36-30(34)28(23-15-11-9-12-16-23)32-24-17-13-10-14-18-24/h7-18,21-22,26,28,31-32H,4-6,19-20H2,1-3H3/b27-7-/t26-,28+/m0/s1. The van der Waals surface area contributed by atoms with Crippen LogP contribution in [0.4, 0.5) is 5.69 Å². The molecule has 0 aliphatic carbocycles. The van der Waals surface area contributed by atoms with Crippen molar-refractivity contribution >= 4 is 28.3 Å². The average Bonchev–Trinajstić information content (AvgIpc) is 3.40. The SMILES string of the molecule is C=CS/C(=C\C)c1nc(CNC[C@H](OC(=O)[C@H](Nc2ccccc2)c2ccccc2)C(CC)CC)co1. The average molecular weight is 520 g/mol. The second-order valence-corrected chi connectivity index (χ2v) is 9.63. The number of anilines is 1. The molecule has 3 rings (SSSR count). The van der Waals surface area contributed by atoms with Crippen molar-refractivity contribution in [3.05, 3.63) is 102 Å². The summed E-state index contributed by atoms with van der Waals surface area (Å²) < 4.78 is 11.8. The number of nitrogens with one attached hydrogen (secondary N) is 2. The van der Waals surface area contributed by atoms with Crippen molar-refractivity contribution < 1.29 is 13.9 Å². The summed E-state index contributed by atoms with van der Waals surface area (Å²) in [5.41, 5.74) is 2.52. The Morgan fingerprint density at radius 3 is 2.41 bits per heavy atom. The van der Waals surface area contributed by atoms with Crippen molar-refractivity contribution in [1.82, 2.24) is 10.3 Å². The number of benzene rings is 2. The zero-order valence-electron chi connectivity index (χ0n) is 21.9. The number of rotatable bonds is 15. The van der Waals surface area contributed by atoms with E-state index in [1.165, 1.54) is 11.8 Å². The van der Waals surface area contributed by atoms with Gasteiger partial charge in [0.05, 0.1) is 10.6 Å². The Kier molecular flexibility index (Phi) is 11.5. The lowest BCUT2D eigenvalue weighted by molar-refractivity contribution is -0.153. The number of esters is 1. The molecule has 3 aromatic rings. The van der Waals surface area contributed by atoms with Crippen LogP contribution < -0.4 is 10.6 Å². The van der Waals surface area contributed by atoms with Crippen LogP contribution in [-0.4, -0.2) is 23.6 Å². The largest absolute Gasteiger partial charge is 0.459 e. The first-order valence-electron chi connectivity index (χ1n) is 12.8. The quantitative estimate of drug-likeness (QED) is 0.206. The van der Waals surface area contributed by atoms with Crippen LogP contribution in [0.1, 0.15) is 56.8 Å². The van der Waals surface area contributed by atoms with Crippen molar-refractivity contribution in [2.75, 3.05) is 11.9 Å². The third-order valence-corrected chi connectivity index (χ3v) is 7.01. The Morgan fingerprint density at radius 1 is 1.11 bits per heavy atom. The van der Waals surface area contributed by atoms with Gasteiger partial charge in [-0.1, -0.05) is 86.8 Å². The Hall–Kier alpha value is -3.29. The second kappa shape index (κ2) is 15.1. The van der Waals surface area contributed by atoms with Crippen LogP contribution in [0.15, 0.2) is 89.4 Å². The van der Waals surface area contributed by atoms with Crippen molar-refractivity contribution in [1.29, 1.82) is 0 Å². The van der Waals surface area contributed by atoms with Gasteiger partial charge in [0.15, 0.2) is 6.04 Å². The molecule has 0 aliphatic rings. The molecule has 0 unspecified atom stereocenters. The molecule has 0 spiro atoms. The molecule has 7 heteroatoms. The van der Waals surface area contributed by atoms with Crippen molar-refractivity contribution in [2.45, 2.75) is 52.3 Å². The lowest BCUT2D eigenvalue weighted by atomic mass is 9.96. The topological polar surface area (TPSA) is 76.4 Å². The second-order valence-electron chi connectivity index (χ2n) is 8.62. The minimum absolute atomic E-state index is 0.232. The monoisotopic (exact) mass is 519 g/mol. The number of carbonyl (C=O) groups excluding carboxylic acids is 1. The van der Waals surface area contributed by atoms with E-state index in [9.17, 15) is 4.79 Å². The summed E-state index contributed by atoms with van der Waals surface area (Å²) in [6, 6.07) is 18.8. The summed E-state index contributed by atoms with van der Waals surface area (Å²) in [5.74, 6) is 0.512. The van der Waals surface area contributed by atoms with E-state index in [1.54, 1.807) is 11.7 Å². The number of ether oxygens (including phenoxy) is 1. The maximum Gasteiger partial charge on any atom is 0.333 e. The van der Waals surface area contributed by atoms with E-state index in [4.69, 9.17) is 9.15 Å². The van der Waals surface area contributed by atoms with Gasteiger partial charge in [0.1, 0.15) is 12.4 Å². The third-order valence-electron chi connectivity index (χ3n) is 6.18. The van der Waals surface area contributed by atoms with Gasteiger partial charge in [0, 0.05) is 18.8 Å². The van der Waals surface area contributed by atoms with Crippen LogP contribution in [0, 0.1) is 5.92 Å². The minimum atomic E-state index is -0.611. The number of allylic oxidation sites excluding steroid dienone is 1. The maximum atomic E-state index is 13.5. The molecule has 1 aromatic heterocycles. The Labute approximate surface area is 224 Å². The number of thioether (sulfide) groups is 1. The summed E-state index contributed by atoms with van der Waals surface area (Å²) in [7, 11) is 0. The van der Waals surface area contributed by atoms with Crippen LogP contribution in [0.2, 0.25) is 0 Å². The van der Waals surface area contributed by atoms with E-state index >= 15 is 0 Å². The van der Waals surface area contributed by atoms with Gasteiger partial charge >= 0.3 is 5.97 Å². The molecule has 196 valence electrons. The minimum Gasteiger partial charge on any atom is -0.459 e. The number of aromatic nitrogens is 1. The van der Waals surface area contributed by atoms with E-state index in [2.05, 4.69) is 36.0 Å². The Bertz CT molecular complexity index is 1130. The van der Waals surface area contributed by atoms with Gasteiger partial charge in [-0.05, 0) is 48.8 Å². The van der Waals surface area contributed by atoms with Gasteiger partial charge in [0.25, 0.3) is 0 Å². The van der Waals surface area contributed by atoms with E-state index in [-0.39, 0.29) is 18.0 Å². The van der Waals surface area contributed by atoms with Crippen LogP contribution in [-0.2, 0) is 16.1 Å². The molecule has 1 heterocycles. The van der Waals surface area contributed by atoms with E-state index in [0.29, 0.717) is 19.0 Å². The number of nitrogens with zero attached hydrogens (tertiary/aromatic N) is 1. The van der Waals surface area contributed by atoms with Crippen molar-refractivity contribution in [2.24, 2.45) is 5.92 Å². The predicted molar refractivity (Wildman–Crippen MR) is 153 cm³/mol. The molecule has 0 radical (unpaired) electrons. The van der Waals surface area contributed by atoms with E-state index < -0.39 is 6.04 Å². The number of hydrogen-bond acceptors (Lipinski definition) is 7. The lowest BCUT2D eigenvalue weighted by Gasteiger charge is -2.28. The summed E-state index contributed by atoms with van der Waals surface area (Å²) >= 11 is 1.47. The highest BCUT2D eigenvalue weighted by molar-refractivity contribution is 8.10. The fourth-order valence-electron chi connectivity index (χ4n) is 4.14. The molecule has 0 amide bonds. The molecule has 0 saturated heterocycles. The first-order valence-corrected chi connectivity index (χ1v) is 13.6. The number of para-hydroxylation sites is 1. The van der Waals surface area contributed by atoms with Crippen molar-refractivity contribution in [3.8, 4) is 0 Å². The lowest BCUT2D eigenvalue weighted by Crippen LogP contribution is -2.38. The van der Waals surface area contributed by atoms with Crippen molar-refractivity contribution in [3.63, 3.8) is 0 Å². The first-order chi connectivity index (χ1) is 18.1. The number of carbonyl (C=O) groups is 1. The molecule has 2 atom stereocenters. The molecule has 37 heavy (non-hydrogen) atoms. The fraction of sp³-hybridized carbons (Fsp3) is 0.333. The Morgan fingerprint density at radius 2 is 1.78 bits per heavy atom. The smallest absolute Gasteiger partial charge is 0.333 e. The summed E-state index contributed by atoms with van der Waals surface area (Å²) in [4.78, 5) is 19.0. The first kappa shape index (κ1) is 28.3. The molecule has 6 nitrogen and oxygen atoms in total. The summed E-state index contributed by atoms with van der Waals surface area (Å²) in [5, 5.41) is 8.53. The normalized spacial score (nSPS) is 13.2. The van der Waals surface area contributed by atoms with Gasteiger partial charge in [-0.2, -0.15) is 0 Å². The molecule has 0 saturated carbocycles. The van der Waals surface area contributed by atoms with Crippen LogP contribution in [0.3, 0.4) is 0 Å². The number of oxazole rings is 1. The molecule has 0 fully saturated rings. The highest BCUT2D eigenvalue weighted by Crippen LogP contribution is 2.27. The van der Waals surface area contributed by atoms with Gasteiger partial charge in [-0.15, -0.1) is 0 Å². The van der Waals surface area contributed by atoms with Crippen LogP contribution in [0.5, 0.6) is 0 Å². The Balaban J connectivity index is 1.70. The molecule has 2 N–H and O–H groups in total. The van der Waals surface area contributed by atoms with E-state index in [1.807, 2.05) is 73.7 Å². The van der Waals surface area contributed by atoms with Gasteiger partial charge in [-0.25, -0.2) is 9.78 Å². The summed E-state index contributed by atoms with van der Waals surface area (Å²) in [6.45, 7) is 11.0. The molecule has 0 bridgehead atoms. The maximum absolute atomic E-state index is 13.5. The molecule has 2 aromatic carbocycles. The van der Waals surface area contributed by atoms with Crippen LogP contribution >= 0.6 is 11.8 Å². The van der Waals surface area contributed by atoms with Gasteiger partial charge < -0.3 is 19.8 Å². The number of hydrogen-bond donors (Lipinski definition) is 2. The molecular formula is C30H37N3O3S. The van der Waals surface area contributed by atoms with Gasteiger partial charge in [0.2, 0.25) is 5.89 Å². The highest BCUT2D eigenvalue weighted by Gasteiger charge is 2.28. The van der Waals surface area contributed by atoms with Gasteiger partial charge in [-0.3, -0.25) is 0 Å². The highest BCUT2D eigenvalue weighted by atomic mass is 32.2. The van der Waals surface area contributed by atoms with E-state index in [0.717, 1.165) is 34.7 Å². The molecule has 0 aliphatic heterocycles. The predicted octanol–water partition coefficient (Wildman–Crippen LogP) is 7.20. The fourth-order valence-corrected chi connectivity index (χ4v) is 4.65. The zero-order chi connectivity index (χ0) is 26.5. The van der Waals surface area contributed by atoms with Crippen LogP contribution in [0.25, 0.3) is 4.91 Å². The third kappa shape index (κ3) is 8.37. The molecular weight excluding hydrogens is 482 g/mol. The summed E-state index contributed by atoms with van der Waals surface area (Å²) in [6.07, 6.45) is 5.15. The zero-order valence-corrected chi connectivity index (χ0v) is 22.7.